The predicted octanol–water partition coefficient (Wildman–Crippen LogP) is 2.41. The number of nitro benzene ring substituents is 1. The fourth-order valence-corrected chi connectivity index (χ4v) is 3.04. The third-order valence-electron chi connectivity index (χ3n) is 4.93. The Labute approximate surface area is 159 Å². The number of ether oxygens (including phenoxy) is 1. The van der Waals surface area contributed by atoms with Crippen molar-refractivity contribution in [2.75, 3.05) is 25.5 Å². The number of nitrogens with one attached hydrogen (secondary N) is 1. The van der Waals surface area contributed by atoms with E-state index in [0.29, 0.717) is 12.3 Å². The normalized spacial score (nSPS) is 20.6. The zero-order valence-corrected chi connectivity index (χ0v) is 16.3. The second-order valence-electron chi connectivity index (χ2n) is 7.16. The van der Waals surface area contributed by atoms with Crippen molar-refractivity contribution in [2.24, 2.45) is 11.1 Å². The van der Waals surface area contributed by atoms with E-state index in [9.17, 15) is 14.9 Å². The Kier molecular flexibility index (Phi) is 7.37. The number of amides is 1. The van der Waals surface area contributed by atoms with Crippen molar-refractivity contribution in [2.45, 2.75) is 39.3 Å². The van der Waals surface area contributed by atoms with Gasteiger partial charge in [-0.1, -0.05) is 13.8 Å². The van der Waals surface area contributed by atoms with E-state index >= 15 is 0 Å². The van der Waals surface area contributed by atoms with Crippen LogP contribution in [0.4, 0.5) is 11.4 Å². The monoisotopic (exact) mass is 386 g/mol. The van der Waals surface area contributed by atoms with E-state index in [1.807, 2.05) is 0 Å². The number of nitrogens with two attached hydrogens (primary N) is 1. The van der Waals surface area contributed by atoms with Gasteiger partial charge in [-0.25, -0.2) is 0 Å². The van der Waals surface area contributed by atoms with Gasteiger partial charge in [-0.05, 0) is 30.9 Å². The van der Waals surface area contributed by atoms with Gasteiger partial charge in [-0.3, -0.25) is 19.8 Å². The predicted molar refractivity (Wildman–Crippen MR) is 103 cm³/mol. The molecule has 0 aromatic heterocycles. The number of nitrogens with zero attached hydrogens (tertiary/aromatic N) is 2. The minimum atomic E-state index is -0.536. The molecule has 3 N–H and O–H groups in total. The third-order valence-corrected chi connectivity index (χ3v) is 4.93. The molecule has 2 unspecified atom stereocenters. The zero-order chi connectivity index (χ0) is 18.8. The molecule has 1 heterocycles. The number of hydrogen-bond donors (Lipinski definition) is 2. The van der Waals surface area contributed by atoms with Gasteiger partial charge in [0.05, 0.1) is 24.1 Å². The first-order chi connectivity index (χ1) is 11.7. The van der Waals surface area contributed by atoms with Gasteiger partial charge in [0.15, 0.2) is 0 Å². The summed E-state index contributed by atoms with van der Waals surface area (Å²) in [6.07, 6.45) is 0.813. The smallest absolute Gasteiger partial charge is 0.296 e. The van der Waals surface area contributed by atoms with E-state index in [0.717, 1.165) is 13.0 Å². The van der Waals surface area contributed by atoms with E-state index in [4.69, 9.17) is 10.5 Å². The molecular formula is C17H27ClN4O4. The maximum absolute atomic E-state index is 12.6. The molecule has 1 amide bonds. The Morgan fingerprint density at radius 3 is 2.69 bits per heavy atom. The summed E-state index contributed by atoms with van der Waals surface area (Å²) < 4.78 is 5.00. The lowest BCUT2D eigenvalue weighted by atomic mass is 9.79. The van der Waals surface area contributed by atoms with E-state index < -0.39 is 11.0 Å². The highest BCUT2D eigenvalue weighted by Crippen LogP contribution is 2.31. The van der Waals surface area contributed by atoms with Crippen molar-refractivity contribution in [3.8, 4) is 5.75 Å². The van der Waals surface area contributed by atoms with Gasteiger partial charge in [0, 0.05) is 19.1 Å². The van der Waals surface area contributed by atoms with Crippen molar-refractivity contribution in [3.63, 3.8) is 0 Å². The number of piperidine rings is 1. The molecule has 9 heteroatoms. The van der Waals surface area contributed by atoms with Crippen LogP contribution in [0.3, 0.4) is 0 Å². The maximum atomic E-state index is 12.6. The Bertz CT molecular complexity index is 668. The number of benzene rings is 1. The summed E-state index contributed by atoms with van der Waals surface area (Å²) >= 11 is 0. The van der Waals surface area contributed by atoms with Crippen molar-refractivity contribution in [1.29, 1.82) is 0 Å². The molecule has 0 saturated carbocycles. The molecule has 1 aromatic carbocycles. The van der Waals surface area contributed by atoms with Crippen LogP contribution in [0.2, 0.25) is 0 Å². The lowest BCUT2D eigenvalue weighted by molar-refractivity contribution is -0.384. The number of methoxy groups -OCH3 is 1. The van der Waals surface area contributed by atoms with Gasteiger partial charge in [0.1, 0.15) is 11.4 Å². The molecule has 1 saturated heterocycles. The second-order valence-corrected chi connectivity index (χ2v) is 7.16. The van der Waals surface area contributed by atoms with Crippen LogP contribution in [0.15, 0.2) is 18.2 Å². The molecule has 146 valence electrons. The van der Waals surface area contributed by atoms with Gasteiger partial charge in [-0.15, -0.1) is 12.4 Å². The number of carbonyl (C=O) groups is 1. The molecular weight excluding hydrogens is 360 g/mol. The number of rotatable bonds is 5. The van der Waals surface area contributed by atoms with Crippen LogP contribution in [0, 0.1) is 15.5 Å². The van der Waals surface area contributed by atoms with Crippen molar-refractivity contribution < 1.29 is 14.5 Å². The highest BCUT2D eigenvalue weighted by Gasteiger charge is 2.37. The minimum absolute atomic E-state index is 0. The number of carbonyl (C=O) groups excluding carboxylic acids is 1. The van der Waals surface area contributed by atoms with Gasteiger partial charge < -0.3 is 15.8 Å². The van der Waals surface area contributed by atoms with E-state index in [1.165, 1.54) is 19.2 Å². The lowest BCUT2D eigenvalue weighted by Crippen LogP contribution is -2.56. The standard InChI is InChI=1S/C17H26N4O4.ClH/c1-11(20-8-7-15(18)17(2,3)10-20)16(22)19-13-6-5-12(25-4)9-14(13)21(23)24;/h5-6,9,11,15H,7-8,10,18H2,1-4H3,(H,19,22);1H. The molecule has 1 aliphatic rings. The topological polar surface area (TPSA) is 111 Å². The summed E-state index contributed by atoms with van der Waals surface area (Å²) in [6, 6.07) is 4.05. The summed E-state index contributed by atoms with van der Waals surface area (Å²) in [5, 5.41) is 13.9. The summed E-state index contributed by atoms with van der Waals surface area (Å²) in [4.78, 5) is 25.4. The zero-order valence-electron chi connectivity index (χ0n) is 15.5. The maximum Gasteiger partial charge on any atom is 0.296 e. The molecule has 1 fully saturated rings. The first-order valence-corrected chi connectivity index (χ1v) is 8.28. The molecule has 0 radical (unpaired) electrons. The summed E-state index contributed by atoms with van der Waals surface area (Å²) in [7, 11) is 1.43. The average molecular weight is 387 g/mol. The van der Waals surface area contributed by atoms with Gasteiger partial charge in [-0.2, -0.15) is 0 Å². The SMILES string of the molecule is COc1ccc(NC(=O)C(C)N2CCC(N)C(C)(C)C2)c([N+](=O)[O-])c1.Cl. The van der Waals surface area contributed by atoms with E-state index in [2.05, 4.69) is 24.1 Å². The first kappa shape index (κ1) is 22.1. The number of halogens is 1. The quantitative estimate of drug-likeness (QED) is 0.593. The van der Waals surface area contributed by atoms with Crippen LogP contribution >= 0.6 is 12.4 Å². The highest BCUT2D eigenvalue weighted by molar-refractivity contribution is 5.96. The number of likely N-dealkylation sites (tertiary alicyclic amines) is 1. The van der Waals surface area contributed by atoms with E-state index in [1.54, 1.807) is 13.0 Å². The van der Waals surface area contributed by atoms with Crippen LogP contribution in [0.1, 0.15) is 27.2 Å². The van der Waals surface area contributed by atoms with Crippen LogP contribution in [-0.4, -0.2) is 48.0 Å². The molecule has 0 aliphatic carbocycles. The highest BCUT2D eigenvalue weighted by atomic mass is 35.5. The van der Waals surface area contributed by atoms with Crippen LogP contribution in [0.5, 0.6) is 5.75 Å². The Morgan fingerprint density at radius 2 is 2.15 bits per heavy atom. The van der Waals surface area contributed by atoms with Crippen molar-refractivity contribution >= 4 is 29.7 Å². The number of hydrogen-bond acceptors (Lipinski definition) is 6. The van der Waals surface area contributed by atoms with Gasteiger partial charge in [0.2, 0.25) is 5.91 Å². The van der Waals surface area contributed by atoms with E-state index in [-0.39, 0.29) is 41.1 Å². The molecule has 8 nitrogen and oxygen atoms in total. The molecule has 1 aromatic rings. The summed E-state index contributed by atoms with van der Waals surface area (Å²) in [5.74, 6) is 0.0871. The molecule has 2 rings (SSSR count). The molecule has 0 spiro atoms. The Morgan fingerprint density at radius 1 is 1.50 bits per heavy atom. The van der Waals surface area contributed by atoms with Crippen LogP contribution < -0.4 is 15.8 Å². The number of anilines is 1. The third kappa shape index (κ3) is 4.84. The average Bonchev–Trinajstić information content (AvgIpc) is 2.56. The second kappa shape index (κ2) is 8.66. The first-order valence-electron chi connectivity index (χ1n) is 8.28. The lowest BCUT2D eigenvalue weighted by Gasteiger charge is -2.44. The Balaban J connectivity index is 0.00000338. The number of nitro groups is 1. The molecule has 0 bridgehead atoms. The fourth-order valence-electron chi connectivity index (χ4n) is 3.04. The molecule has 2 atom stereocenters. The van der Waals surface area contributed by atoms with Gasteiger partial charge >= 0.3 is 0 Å². The summed E-state index contributed by atoms with van der Waals surface area (Å²) in [5.41, 5.74) is 6.03. The van der Waals surface area contributed by atoms with Crippen LogP contribution in [-0.2, 0) is 4.79 Å². The fraction of sp³-hybridized carbons (Fsp3) is 0.588. The van der Waals surface area contributed by atoms with Gasteiger partial charge in [0.25, 0.3) is 5.69 Å². The van der Waals surface area contributed by atoms with Crippen molar-refractivity contribution in [1.82, 2.24) is 4.90 Å². The van der Waals surface area contributed by atoms with Crippen LogP contribution in [0.25, 0.3) is 0 Å². The largest absolute Gasteiger partial charge is 0.496 e. The van der Waals surface area contributed by atoms with Crippen molar-refractivity contribution in [3.05, 3.63) is 28.3 Å². The Hall–Kier alpha value is -1.90. The molecule has 1 aliphatic heterocycles. The molecule has 26 heavy (non-hydrogen) atoms. The summed E-state index contributed by atoms with van der Waals surface area (Å²) in [6.45, 7) is 7.40. The minimum Gasteiger partial charge on any atom is -0.496 e.